The molecule has 1 aliphatic carbocycles. The number of nitrogens with one attached hydrogen (secondary N) is 2. The molecule has 1 aliphatic rings. The monoisotopic (exact) mass is 403 g/mol. The van der Waals surface area contributed by atoms with Gasteiger partial charge in [0.25, 0.3) is 0 Å². The number of hydrogen-bond acceptors (Lipinski definition) is 4. The van der Waals surface area contributed by atoms with Crippen LogP contribution in [-0.2, 0) is 0 Å². The predicted molar refractivity (Wildman–Crippen MR) is 122 cm³/mol. The Labute approximate surface area is 174 Å². The number of benzene rings is 1. The van der Waals surface area contributed by atoms with Gasteiger partial charge in [0, 0.05) is 44.1 Å². The largest absolute Gasteiger partial charge is 0.390 e. The number of likely N-dealkylation sites (N-methyl/N-ethyl adjacent to an activating group) is 1. The van der Waals surface area contributed by atoms with Gasteiger partial charge in [-0.15, -0.1) is 0 Å². The Balaban J connectivity index is 1.74. The van der Waals surface area contributed by atoms with Crippen molar-refractivity contribution < 1.29 is 0 Å². The summed E-state index contributed by atoms with van der Waals surface area (Å²) >= 11 is 6.47. The third kappa shape index (κ3) is 6.28. The molecule has 0 saturated carbocycles. The number of nitrogens with two attached hydrogens (primary N) is 1. The summed E-state index contributed by atoms with van der Waals surface area (Å²) < 4.78 is 0. The van der Waals surface area contributed by atoms with Gasteiger partial charge in [0.05, 0.1) is 17.0 Å². The Kier molecular flexibility index (Phi) is 9.38. The van der Waals surface area contributed by atoms with Gasteiger partial charge in [0.1, 0.15) is 0 Å². The highest BCUT2D eigenvalue weighted by Crippen LogP contribution is 2.29. The fourth-order valence-corrected chi connectivity index (χ4v) is 3.76. The molecule has 0 heterocycles. The Hall–Kier alpha value is -1.98. The van der Waals surface area contributed by atoms with Gasteiger partial charge in [0.2, 0.25) is 0 Å². The first kappa shape index (κ1) is 22.3. The average Bonchev–Trinajstić information content (AvgIpc) is 2.70. The van der Waals surface area contributed by atoms with E-state index in [2.05, 4.69) is 46.2 Å². The van der Waals surface area contributed by atoms with Crippen LogP contribution in [0.2, 0.25) is 5.02 Å². The Morgan fingerprint density at radius 3 is 2.82 bits per heavy atom. The van der Waals surface area contributed by atoms with Crippen LogP contribution in [0.3, 0.4) is 0 Å². The second kappa shape index (κ2) is 11.8. The summed E-state index contributed by atoms with van der Waals surface area (Å²) in [5, 5.41) is 7.77. The van der Waals surface area contributed by atoms with E-state index in [1.165, 1.54) is 24.8 Å². The van der Waals surface area contributed by atoms with Crippen molar-refractivity contribution in [2.24, 2.45) is 10.7 Å². The van der Waals surface area contributed by atoms with Crippen LogP contribution in [-0.4, -0.2) is 39.1 Å². The lowest BCUT2D eigenvalue weighted by Gasteiger charge is -2.25. The molecule has 0 aromatic heterocycles. The van der Waals surface area contributed by atoms with Crippen molar-refractivity contribution in [1.82, 2.24) is 10.6 Å². The molecule has 0 amide bonds. The summed E-state index contributed by atoms with van der Waals surface area (Å²) in [6, 6.07) is 6.19. The zero-order valence-corrected chi connectivity index (χ0v) is 18.0. The van der Waals surface area contributed by atoms with Crippen LogP contribution in [0.1, 0.15) is 38.2 Å². The first-order valence-electron chi connectivity index (χ1n) is 10.2. The summed E-state index contributed by atoms with van der Waals surface area (Å²) in [6.45, 7) is 12.8. The van der Waals surface area contributed by atoms with Crippen LogP contribution in [0.5, 0.6) is 0 Å². The van der Waals surface area contributed by atoms with Crippen molar-refractivity contribution in [1.29, 1.82) is 0 Å². The van der Waals surface area contributed by atoms with E-state index in [1.807, 2.05) is 13.0 Å². The van der Waals surface area contributed by atoms with Crippen LogP contribution < -0.4 is 21.3 Å². The summed E-state index contributed by atoms with van der Waals surface area (Å²) in [7, 11) is 0. The second-order valence-electron chi connectivity index (χ2n) is 7.05. The Bertz CT molecular complexity index is 711. The van der Waals surface area contributed by atoms with Gasteiger partial charge in [-0.1, -0.05) is 30.3 Å². The normalized spacial score (nSPS) is 14.5. The molecule has 2 rings (SSSR count). The molecular weight excluding hydrogens is 370 g/mol. The standard InChI is InChI=1S/C22H34ClN5/c1-4-28(21-11-7-8-17(2)22(21)23)15-14-25-12-13-26-18(3)19-9-5-6-10-20(19)27-16-24/h7-8,11,16,25-26H,3-6,9-10,12-15H2,1-2H3,(H2,24,27). The van der Waals surface area contributed by atoms with Gasteiger partial charge in [-0.2, -0.15) is 0 Å². The first-order chi connectivity index (χ1) is 13.6. The maximum absolute atomic E-state index is 6.47. The summed E-state index contributed by atoms with van der Waals surface area (Å²) in [4.78, 5) is 6.62. The van der Waals surface area contributed by atoms with Crippen molar-refractivity contribution in [2.45, 2.75) is 39.5 Å². The third-order valence-electron chi connectivity index (χ3n) is 5.13. The molecule has 4 N–H and O–H groups in total. The third-order valence-corrected chi connectivity index (χ3v) is 5.62. The topological polar surface area (TPSA) is 65.7 Å². The van der Waals surface area contributed by atoms with Crippen molar-refractivity contribution in [3.63, 3.8) is 0 Å². The second-order valence-corrected chi connectivity index (χ2v) is 7.43. The fraction of sp³-hybridized carbons (Fsp3) is 0.500. The molecule has 28 heavy (non-hydrogen) atoms. The number of allylic oxidation sites excluding steroid dienone is 2. The summed E-state index contributed by atoms with van der Waals surface area (Å²) in [5.74, 6) is 0. The van der Waals surface area contributed by atoms with Crippen molar-refractivity contribution >= 4 is 23.6 Å². The van der Waals surface area contributed by atoms with E-state index in [-0.39, 0.29) is 0 Å². The number of hydrogen-bond donors (Lipinski definition) is 3. The highest BCUT2D eigenvalue weighted by Gasteiger charge is 2.14. The fourth-order valence-electron chi connectivity index (χ4n) is 3.52. The van der Waals surface area contributed by atoms with Gasteiger partial charge in [-0.25, -0.2) is 4.99 Å². The van der Waals surface area contributed by atoms with Gasteiger partial charge in [-0.3, -0.25) is 0 Å². The molecule has 0 spiro atoms. The van der Waals surface area contributed by atoms with Gasteiger partial charge in [-0.05, 0) is 56.7 Å². The van der Waals surface area contributed by atoms with E-state index in [1.54, 1.807) is 0 Å². The minimum absolute atomic E-state index is 0.833. The SMILES string of the molecule is C=C(NCCNCCN(CC)c1cccc(C)c1Cl)C1=C(N=CN)CCCC1. The lowest BCUT2D eigenvalue weighted by molar-refractivity contribution is 0.625. The molecule has 0 aliphatic heterocycles. The Morgan fingerprint density at radius 1 is 1.29 bits per heavy atom. The maximum Gasteiger partial charge on any atom is 0.0856 e. The van der Waals surface area contributed by atoms with E-state index in [4.69, 9.17) is 17.3 Å². The van der Waals surface area contributed by atoms with Crippen molar-refractivity contribution in [2.75, 3.05) is 37.6 Å². The van der Waals surface area contributed by atoms with E-state index >= 15 is 0 Å². The molecule has 0 unspecified atom stereocenters. The molecule has 1 aromatic carbocycles. The molecule has 0 atom stereocenters. The van der Waals surface area contributed by atoms with E-state index < -0.39 is 0 Å². The summed E-state index contributed by atoms with van der Waals surface area (Å²) in [5.41, 5.74) is 11.0. The number of rotatable bonds is 11. The first-order valence-corrected chi connectivity index (χ1v) is 10.6. The molecule has 0 fully saturated rings. The molecule has 6 heteroatoms. The van der Waals surface area contributed by atoms with E-state index in [9.17, 15) is 0 Å². The molecule has 0 saturated heterocycles. The molecule has 1 aromatic rings. The number of nitrogens with zero attached hydrogens (tertiary/aromatic N) is 2. The number of aliphatic imine (C=N–C) groups is 1. The molecule has 0 bridgehead atoms. The highest BCUT2D eigenvalue weighted by molar-refractivity contribution is 6.34. The molecule has 5 nitrogen and oxygen atoms in total. The Morgan fingerprint density at radius 2 is 2.07 bits per heavy atom. The van der Waals surface area contributed by atoms with E-state index in [0.29, 0.717) is 0 Å². The van der Waals surface area contributed by atoms with Crippen molar-refractivity contribution in [3.8, 4) is 0 Å². The molecule has 154 valence electrons. The minimum Gasteiger partial charge on any atom is -0.390 e. The zero-order chi connectivity index (χ0) is 20.4. The zero-order valence-electron chi connectivity index (χ0n) is 17.2. The van der Waals surface area contributed by atoms with Gasteiger partial charge in [0.15, 0.2) is 0 Å². The van der Waals surface area contributed by atoms with Gasteiger partial charge >= 0.3 is 0 Å². The number of anilines is 1. The smallest absolute Gasteiger partial charge is 0.0856 e. The predicted octanol–water partition coefficient (Wildman–Crippen LogP) is 3.98. The van der Waals surface area contributed by atoms with Crippen LogP contribution in [0, 0.1) is 6.92 Å². The number of halogens is 1. The van der Waals surface area contributed by atoms with E-state index in [0.717, 1.165) is 73.2 Å². The maximum atomic E-state index is 6.47. The average molecular weight is 404 g/mol. The van der Waals surface area contributed by atoms with Crippen LogP contribution in [0.25, 0.3) is 0 Å². The molecular formula is C22H34ClN5. The van der Waals surface area contributed by atoms with Crippen LogP contribution >= 0.6 is 11.6 Å². The quantitative estimate of drug-likeness (QED) is 0.297. The lowest BCUT2D eigenvalue weighted by atomic mass is 9.94. The molecule has 0 radical (unpaired) electrons. The van der Waals surface area contributed by atoms with Gasteiger partial charge < -0.3 is 21.3 Å². The number of aryl methyl sites for hydroxylation is 1. The van der Waals surface area contributed by atoms with Crippen molar-refractivity contribution in [3.05, 3.63) is 52.3 Å². The minimum atomic E-state index is 0.833. The highest BCUT2D eigenvalue weighted by atomic mass is 35.5. The lowest BCUT2D eigenvalue weighted by Crippen LogP contribution is -2.35. The van der Waals surface area contributed by atoms with Crippen LogP contribution in [0.4, 0.5) is 5.69 Å². The summed E-state index contributed by atoms with van der Waals surface area (Å²) in [6.07, 6.45) is 5.75. The van der Waals surface area contributed by atoms with Crippen LogP contribution in [0.15, 0.2) is 46.7 Å².